The van der Waals surface area contributed by atoms with Crippen molar-refractivity contribution in [1.29, 1.82) is 0 Å². The van der Waals surface area contributed by atoms with Gasteiger partial charge in [0.25, 0.3) is 0 Å². The zero-order valence-electron chi connectivity index (χ0n) is 10.6. The van der Waals surface area contributed by atoms with Crippen molar-refractivity contribution in [3.05, 3.63) is 18.1 Å². The molecule has 1 aliphatic heterocycles. The molecule has 1 fully saturated rings. The van der Waals surface area contributed by atoms with Crippen molar-refractivity contribution in [3.63, 3.8) is 0 Å². The molecular formula is C13H18N4O. The number of H-pyrrole nitrogens is 1. The van der Waals surface area contributed by atoms with E-state index in [-0.39, 0.29) is 6.10 Å². The maximum atomic E-state index is 9.80. The summed E-state index contributed by atoms with van der Waals surface area (Å²) in [5.74, 6) is 0.955. The summed E-state index contributed by atoms with van der Waals surface area (Å²) in [5.41, 5.74) is 2.12. The van der Waals surface area contributed by atoms with Crippen LogP contribution in [0.5, 0.6) is 0 Å². The van der Waals surface area contributed by atoms with Gasteiger partial charge in [-0.3, -0.25) is 0 Å². The fraction of sp³-hybridized carbons (Fsp3) is 0.538. The summed E-state index contributed by atoms with van der Waals surface area (Å²) in [6, 6.07) is 0. The molecule has 0 saturated carbocycles. The van der Waals surface area contributed by atoms with Crippen LogP contribution in [-0.4, -0.2) is 39.3 Å². The van der Waals surface area contributed by atoms with Gasteiger partial charge in [-0.15, -0.1) is 0 Å². The van der Waals surface area contributed by atoms with Crippen molar-refractivity contribution in [3.8, 4) is 0 Å². The molecule has 3 rings (SSSR count). The SMILES string of the molecule is CCc1c[nH]c2ncnc(N3CCCC(O)C3)c12. The Bertz CT molecular complexity index is 551. The highest BCUT2D eigenvalue weighted by atomic mass is 16.3. The first-order chi connectivity index (χ1) is 8.79. The Morgan fingerprint density at radius 3 is 3.17 bits per heavy atom. The van der Waals surface area contributed by atoms with Crippen LogP contribution in [0.2, 0.25) is 0 Å². The second kappa shape index (κ2) is 4.57. The first-order valence-corrected chi connectivity index (χ1v) is 6.53. The summed E-state index contributed by atoms with van der Waals surface area (Å²) < 4.78 is 0. The highest BCUT2D eigenvalue weighted by Crippen LogP contribution is 2.28. The first kappa shape index (κ1) is 11.5. The number of hydrogen-bond donors (Lipinski definition) is 2. The molecule has 1 aliphatic rings. The molecule has 0 radical (unpaired) electrons. The van der Waals surface area contributed by atoms with Crippen LogP contribution in [0, 0.1) is 0 Å². The molecule has 5 nitrogen and oxygen atoms in total. The summed E-state index contributed by atoms with van der Waals surface area (Å²) >= 11 is 0. The molecule has 2 aromatic heterocycles. The fourth-order valence-electron chi connectivity index (χ4n) is 2.67. The van der Waals surface area contributed by atoms with Gasteiger partial charge in [0, 0.05) is 19.3 Å². The number of rotatable bonds is 2. The van der Waals surface area contributed by atoms with Gasteiger partial charge in [0.05, 0.1) is 11.5 Å². The van der Waals surface area contributed by atoms with Crippen molar-refractivity contribution in [1.82, 2.24) is 15.0 Å². The molecule has 96 valence electrons. The minimum absolute atomic E-state index is 0.243. The predicted octanol–water partition coefficient (Wildman–Crippen LogP) is 1.48. The second-order valence-electron chi connectivity index (χ2n) is 4.83. The maximum Gasteiger partial charge on any atom is 0.143 e. The van der Waals surface area contributed by atoms with E-state index in [2.05, 4.69) is 26.8 Å². The molecule has 0 spiro atoms. The van der Waals surface area contributed by atoms with E-state index >= 15 is 0 Å². The van der Waals surface area contributed by atoms with Crippen LogP contribution in [0.15, 0.2) is 12.5 Å². The number of aryl methyl sites for hydroxylation is 1. The van der Waals surface area contributed by atoms with Crippen molar-refractivity contribution >= 4 is 16.9 Å². The Labute approximate surface area is 106 Å². The average molecular weight is 246 g/mol. The topological polar surface area (TPSA) is 65.0 Å². The third-order valence-electron chi connectivity index (χ3n) is 3.61. The van der Waals surface area contributed by atoms with Gasteiger partial charge in [-0.05, 0) is 24.8 Å². The highest BCUT2D eigenvalue weighted by molar-refractivity contribution is 5.90. The van der Waals surface area contributed by atoms with Crippen LogP contribution >= 0.6 is 0 Å². The molecule has 2 aromatic rings. The van der Waals surface area contributed by atoms with Crippen LogP contribution in [0.25, 0.3) is 11.0 Å². The van der Waals surface area contributed by atoms with Gasteiger partial charge in [-0.1, -0.05) is 6.92 Å². The number of aliphatic hydroxyl groups is 1. The standard InChI is InChI=1S/C13H18N4O/c1-2-9-6-14-12-11(9)13(16-8-15-12)17-5-3-4-10(18)7-17/h6,8,10,18H,2-5,7H2,1H3,(H,14,15,16). The molecule has 0 amide bonds. The van der Waals surface area contributed by atoms with Crippen molar-refractivity contribution in [2.45, 2.75) is 32.3 Å². The van der Waals surface area contributed by atoms with E-state index in [1.165, 1.54) is 5.56 Å². The average Bonchev–Trinajstić information content (AvgIpc) is 2.81. The summed E-state index contributed by atoms with van der Waals surface area (Å²) in [5, 5.41) is 10.9. The molecule has 2 N–H and O–H groups in total. The number of aliphatic hydroxyl groups excluding tert-OH is 1. The number of piperidine rings is 1. The Morgan fingerprint density at radius 1 is 1.50 bits per heavy atom. The van der Waals surface area contributed by atoms with Gasteiger partial charge >= 0.3 is 0 Å². The van der Waals surface area contributed by atoms with Crippen LogP contribution in [0.3, 0.4) is 0 Å². The number of fused-ring (bicyclic) bond motifs is 1. The summed E-state index contributed by atoms with van der Waals surface area (Å²) in [4.78, 5) is 14.1. The lowest BCUT2D eigenvalue weighted by atomic mass is 10.1. The smallest absolute Gasteiger partial charge is 0.143 e. The Hall–Kier alpha value is -1.62. The van der Waals surface area contributed by atoms with Crippen molar-refractivity contribution < 1.29 is 5.11 Å². The highest BCUT2D eigenvalue weighted by Gasteiger charge is 2.22. The Kier molecular flexibility index (Phi) is 2.91. The van der Waals surface area contributed by atoms with E-state index in [0.29, 0.717) is 6.54 Å². The van der Waals surface area contributed by atoms with E-state index in [1.54, 1.807) is 6.33 Å². The molecule has 1 atom stereocenters. The molecule has 3 heterocycles. The number of nitrogens with zero attached hydrogens (tertiary/aromatic N) is 3. The van der Waals surface area contributed by atoms with Gasteiger partial charge in [0.15, 0.2) is 0 Å². The molecule has 0 bridgehead atoms. The van der Waals surface area contributed by atoms with E-state index in [0.717, 1.165) is 42.7 Å². The minimum atomic E-state index is -0.243. The van der Waals surface area contributed by atoms with Crippen LogP contribution in [0.4, 0.5) is 5.82 Å². The normalized spacial score (nSPS) is 20.6. The van der Waals surface area contributed by atoms with Crippen LogP contribution in [0.1, 0.15) is 25.3 Å². The maximum absolute atomic E-state index is 9.80. The zero-order chi connectivity index (χ0) is 12.5. The quantitative estimate of drug-likeness (QED) is 0.842. The summed E-state index contributed by atoms with van der Waals surface area (Å²) in [6.07, 6.45) is 6.21. The van der Waals surface area contributed by atoms with Crippen molar-refractivity contribution in [2.24, 2.45) is 0 Å². The second-order valence-corrected chi connectivity index (χ2v) is 4.83. The molecule has 0 aromatic carbocycles. The number of β-amino-alcohol motifs (C(OH)–C–C–N with tert-alkyl or cyclic N) is 1. The lowest BCUT2D eigenvalue weighted by Crippen LogP contribution is -2.38. The Balaban J connectivity index is 2.07. The van der Waals surface area contributed by atoms with Gasteiger partial charge in [-0.25, -0.2) is 9.97 Å². The summed E-state index contributed by atoms with van der Waals surface area (Å²) in [6.45, 7) is 3.75. The lowest BCUT2D eigenvalue weighted by molar-refractivity contribution is 0.154. The van der Waals surface area contributed by atoms with Gasteiger partial charge < -0.3 is 15.0 Å². The van der Waals surface area contributed by atoms with Gasteiger partial charge in [0.2, 0.25) is 0 Å². The van der Waals surface area contributed by atoms with E-state index < -0.39 is 0 Å². The number of aromatic amines is 1. The van der Waals surface area contributed by atoms with E-state index in [4.69, 9.17) is 0 Å². The molecule has 0 aliphatic carbocycles. The first-order valence-electron chi connectivity index (χ1n) is 6.53. The number of nitrogens with one attached hydrogen (secondary N) is 1. The zero-order valence-corrected chi connectivity index (χ0v) is 10.6. The number of aromatic nitrogens is 3. The predicted molar refractivity (Wildman–Crippen MR) is 70.7 cm³/mol. The third-order valence-corrected chi connectivity index (χ3v) is 3.61. The van der Waals surface area contributed by atoms with Gasteiger partial charge in [-0.2, -0.15) is 0 Å². The lowest BCUT2D eigenvalue weighted by Gasteiger charge is -2.31. The van der Waals surface area contributed by atoms with Gasteiger partial charge in [0.1, 0.15) is 17.8 Å². The fourth-order valence-corrected chi connectivity index (χ4v) is 2.67. The third kappa shape index (κ3) is 1.84. The largest absolute Gasteiger partial charge is 0.391 e. The van der Waals surface area contributed by atoms with E-state index in [1.807, 2.05) is 6.20 Å². The molecular weight excluding hydrogens is 228 g/mol. The molecule has 5 heteroatoms. The van der Waals surface area contributed by atoms with E-state index in [9.17, 15) is 5.11 Å². The van der Waals surface area contributed by atoms with Crippen molar-refractivity contribution in [2.75, 3.05) is 18.0 Å². The molecule has 1 unspecified atom stereocenters. The molecule has 18 heavy (non-hydrogen) atoms. The van der Waals surface area contributed by atoms with Crippen LogP contribution in [-0.2, 0) is 6.42 Å². The minimum Gasteiger partial charge on any atom is -0.391 e. The Morgan fingerprint density at radius 2 is 2.39 bits per heavy atom. The number of anilines is 1. The summed E-state index contributed by atoms with van der Waals surface area (Å²) in [7, 11) is 0. The molecule has 1 saturated heterocycles. The monoisotopic (exact) mass is 246 g/mol. The van der Waals surface area contributed by atoms with Crippen LogP contribution < -0.4 is 4.90 Å². The number of hydrogen-bond acceptors (Lipinski definition) is 4.